The molecule has 0 unspecified atom stereocenters. The molecule has 0 atom stereocenters. The molecule has 1 aromatic carbocycles. The second-order valence-corrected chi connectivity index (χ2v) is 3.74. The molecule has 1 heterocycles. The smallest absolute Gasteiger partial charge is 0.416 e. The molecule has 0 fully saturated rings. The standard InChI is InChI=1S/C10H5BrF3NO/c11-9-15-8(5-16-9)6-2-1-3-7(4-6)10(12,13)14/h1-5H. The molecule has 0 amide bonds. The third-order valence-electron chi connectivity index (χ3n) is 1.96. The fraction of sp³-hybridized carbons (Fsp3) is 0.100. The summed E-state index contributed by atoms with van der Waals surface area (Å²) >= 11 is 2.99. The molecule has 16 heavy (non-hydrogen) atoms. The molecule has 2 nitrogen and oxygen atoms in total. The van der Waals surface area contributed by atoms with Gasteiger partial charge in [0, 0.05) is 21.5 Å². The van der Waals surface area contributed by atoms with Gasteiger partial charge in [-0.15, -0.1) is 0 Å². The monoisotopic (exact) mass is 291 g/mol. The summed E-state index contributed by atoms with van der Waals surface area (Å²) < 4.78 is 42.2. The molecule has 0 saturated heterocycles. The van der Waals surface area contributed by atoms with Crippen molar-refractivity contribution in [3.8, 4) is 11.3 Å². The number of rotatable bonds is 1. The van der Waals surface area contributed by atoms with E-state index in [4.69, 9.17) is 4.42 Å². The molecule has 0 aliphatic heterocycles. The lowest BCUT2D eigenvalue weighted by molar-refractivity contribution is -0.137. The van der Waals surface area contributed by atoms with Gasteiger partial charge in [0.15, 0.2) is 0 Å². The van der Waals surface area contributed by atoms with E-state index in [9.17, 15) is 13.2 Å². The van der Waals surface area contributed by atoms with Crippen LogP contribution in [0, 0.1) is 0 Å². The van der Waals surface area contributed by atoms with Crippen LogP contribution in [0.4, 0.5) is 13.2 Å². The van der Waals surface area contributed by atoms with E-state index in [1.54, 1.807) is 6.07 Å². The predicted molar refractivity (Wildman–Crippen MR) is 54.6 cm³/mol. The van der Waals surface area contributed by atoms with Crippen molar-refractivity contribution in [2.45, 2.75) is 6.18 Å². The molecule has 0 aliphatic carbocycles. The van der Waals surface area contributed by atoms with Gasteiger partial charge in [0.2, 0.25) is 0 Å². The Morgan fingerprint density at radius 2 is 2.00 bits per heavy atom. The Labute approximate surface area is 97.2 Å². The van der Waals surface area contributed by atoms with Gasteiger partial charge in [0.25, 0.3) is 4.80 Å². The molecule has 0 aliphatic rings. The van der Waals surface area contributed by atoms with Crippen LogP contribution in [0.5, 0.6) is 0 Å². The molecular weight excluding hydrogens is 287 g/mol. The van der Waals surface area contributed by atoms with Crippen molar-refractivity contribution in [3.05, 3.63) is 40.9 Å². The van der Waals surface area contributed by atoms with Gasteiger partial charge in [0.1, 0.15) is 12.0 Å². The fourth-order valence-electron chi connectivity index (χ4n) is 1.24. The molecule has 0 N–H and O–H groups in total. The van der Waals surface area contributed by atoms with Crippen LogP contribution in [-0.2, 0) is 6.18 Å². The molecule has 0 radical (unpaired) electrons. The summed E-state index contributed by atoms with van der Waals surface area (Å²) in [5, 5.41) is 0. The highest BCUT2D eigenvalue weighted by Crippen LogP contribution is 2.32. The van der Waals surface area contributed by atoms with E-state index in [0.717, 1.165) is 12.1 Å². The highest BCUT2D eigenvalue weighted by molar-refractivity contribution is 9.10. The Hall–Kier alpha value is -1.30. The third kappa shape index (κ3) is 2.27. The lowest BCUT2D eigenvalue weighted by atomic mass is 10.1. The summed E-state index contributed by atoms with van der Waals surface area (Å²) in [5.41, 5.74) is 0.0198. The number of benzene rings is 1. The van der Waals surface area contributed by atoms with Gasteiger partial charge in [-0.05, 0) is 12.1 Å². The van der Waals surface area contributed by atoms with Gasteiger partial charge in [-0.2, -0.15) is 13.2 Å². The number of oxazole rings is 1. The number of aromatic nitrogens is 1. The van der Waals surface area contributed by atoms with Gasteiger partial charge in [-0.3, -0.25) is 0 Å². The second-order valence-electron chi connectivity index (χ2n) is 3.06. The number of hydrogen-bond acceptors (Lipinski definition) is 2. The van der Waals surface area contributed by atoms with E-state index in [-0.39, 0.29) is 4.80 Å². The molecule has 2 aromatic rings. The van der Waals surface area contributed by atoms with Crippen molar-refractivity contribution in [3.63, 3.8) is 0 Å². The van der Waals surface area contributed by atoms with E-state index < -0.39 is 11.7 Å². The predicted octanol–water partition coefficient (Wildman–Crippen LogP) is 4.12. The normalized spacial score (nSPS) is 11.8. The Balaban J connectivity index is 2.44. The molecule has 0 spiro atoms. The van der Waals surface area contributed by atoms with E-state index in [2.05, 4.69) is 20.9 Å². The summed E-state index contributed by atoms with van der Waals surface area (Å²) in [7, 11) is 0. The van der Waals surface area contributed by atoms with Crippen LogP contribution in [0.15, 0.2) is 39.7 Å². The second kappa shape index (κ2) is 3.93. The Kier molecular flexibility index (Phi) is 2.75. The van der Waals surface area contributed by atoms with Crippen molar-refractivity contribution < 1.29 is 17.6 Å². The molecule has 1 aromatic heterocycles. The average Bonchev–Trinajstić information content (AvgIpc) is 2.64. The van der Waals surface area contributed by atoms with Crippen LogP contribution in [0.25, 0.3) is 11.3 Å². The van der Waals surface area contributed by atoms with Gasteiger partial charge >= 0.3 is 6.18 Å². The fourth-order valence-corrected chi connectivity index (χ4v) is 1.52. The Morgan fingerprint density at radius 1 is 1.25 bits per heavy atom. The zero-order chi connectivity index (χ0) is 11.8. The topological polar surface area (TPSA) is 26.0 Å². The number of alkyl halides is 3. The molecule has 0 saturated carbocycles. The molecular formula is C10H5BrF3NO. The first-order chi connectivity index (χ1) is 7.47. The van der Waals surface area contributed by atoms with E-state index >= 15 is 0 Å². The first-order valence-corrected chi connectivity index (χ1v) is 5.05. The van der Waals surface area contributed by atoms with Gasteiger partial charge in [-0.1, -0.05) is 12.1 Å². The van der Waals surface area contributed by atoms with Crippen molar-refractivity contribution in [1.82, 2.24) is 4.98 Å². The number of hydrogen-bond donors (Lipinski definition) is 0. The van der Waals surface area contributed by atoms with Crippen LogP contribution in [0.2, 0.25) is 0 Å². The lowest BCUT2D eigenvalue weighted by Gasteiger charge is -2.06. The van der Waals surface area contributed by atoms with Gasteiger partial charge in [-0.25, -0.2) is 4.98 Å². The Bertz CT molecular complexity index is 507. The van der Waals surface area contributed by atoms with Crippen molar-refractivity contribution in [1.29, 1.82) is 0 Å². The van der Waals surface area contributed by atoms with Gasteiger partial charge < -0.3 is 4.42 Å². The number of nitrogens with zero attached hydrogens (tertiary/aromatic N) is 1. The molecule has 84 valence electrons. The summed E-state index contributed by atoms with van der Waals surface area (Å²) in [6.45, 7) is 0. The van der Waals surface area contributed by atoms with Gasteiger partial charge in [0.05, 0.1) is 5.56 Å². The minimum atomic E-state index is -4.35. The highest BCUT2D eigenvalue weighted by Gasteiger charge is 2.30. The molecule has 2 rings (SSSR count). The van der Waals surface area contributed by atoms with Crippen LogP contribution in [0.1, 0.15) is 5.56 Å². The van der Waals surface area contributed by atoms with Crippen LogP contribution in [-0.4, -0.2) is 4.98 Å². The first kappa shape index (κ1) is 11.2. The minimum absolute atomic E-state index is 0.236. The zero-order valence-corrected chi connectivity index (χ0v) is 9.34. The maximum absolute atomic E-state index is 12.4. The largest absolute Gasteiger partial charge is 0.439 e. The first-order valence-electron chi connectivity index (χ1n) is 4.25. The third-order valence-corrected chi connectivity index (χ3v) is 2.33. The summed E-state index contributed by atoms with van der Waals surface area (Å²) in [6, 6.07) is 4.92. The van der Waals surface area contributed by atoms with Crippen molar-refractivity contribution in [2.75, 3.05) is 0 Å². The summed E-state index contributed by atoms with van der Waals surface area (Å²) in [6.07, 6.45) is -3.06. The maximum atomic E-state index is 12.4. The highest BCUT2D eigenvalue weighted by atomic mass is 79.9. The van der Waals surface area contributed by atoms with E-state index in [0.29, 0.717) is 11.3 Å². The van der Waals surface area contributed by atoms with Crippen molar-refractivity contribution >= 4 is 15.9 Å². The van der Waals surface area contributed by atoms with Crippen molar-refractivity contribution in [2.24, 2.45) is 0 Å². The zero-order valence-electron chi connectivity index (χ0n) is 7.75. The van der Waals surface area contributed by atoms with Crippen LogP contribution in [0.3, 0.4) is 0 Å². The van der Waals surface area contributed by atoms with Crippen LogP contribution < -0.4 is 0 Å². The van der Waals surface area contributed by atoms with E-state index in [1.165, 1.54) is 12.3 Å². The quantitative estimate of drug-likeness (QED) is 0.790. The van der Waals surface area contributed by atoms with E-state index in [1.807, 2.05) is 0 Å². The molecule has 6 heteroatoms. The summed E-state index contributed by atoms with van der Waals surface area (Å²) in [4.78, 5) is 4.12. The number of halogens is 4. The maximum Gasteiger partial charge on any atom is 0.416 e. The minimum Gasteiger partial charge on any atom is -0.439 e. The summed E-state index contributed by atoms with van der Waals surface area (Å²) in [5.74, 6) is 0. The SMILES string of the molecule is FC(F)(F)c1cccc(-c2coc(Br)n2)c1. The Morgan fingerprint density at radius 3 is 2.56 bits per heavy atom. The average molecular weight is 292 g/mol. The van der Waals surface area contributed by atoms with Crippen LogP contribution >= 0.6 is 15.9 Å². The lowest BCUT2D eigenvalue weighted by Crippen LogP contribution is -2.04. The molecule has 0 bridgehead atoms.